The maximum absolute atomic E-state index is 11.8. The minimum atomic E-state index is -1.87. The van der Waals surface area contributed by atoms with Gasteiger partial charge in [0, 0.05) is 0 Å². The monoisotopic (exact) mass is 472 g/mol. The minimum Gasteiger partial charge on any atom is -0.394 e. The molecule has 2 rings (SSSR count). The molecule has 188 valence electrons. The molecule has 0 unspecified atom stereocenters. The largest absolute Gasteiger partial charge is 0.394 e. The third-order valence-corrected chi connectivity index (χ3v) is 5.53. The Balaban J connectivity index is 2.23. The number of carbonyl (C=O) groups excluding carboxylic acids is 1. The van der Waals surface area contributed by atoms with Crippen LogP contribution in [-0.4, -0.2) is 145 Å². The van der Waals surface area contributed by atoms with Gasteiger partial charge < -0.3 is 69.7 Å². The summed E-state index contributed by atoms with van der Waals surface area (Å²) in [5, 5.41) is 89.2. The van der Waals surface area contributed by atoms with Crippen LogP contribution in [0.5, 0.6) is 0 Å². The molecule has 0 saturated carbocycles. The van der Waals surface area contributed by atoms with E-state index in [1.54, 1.807) is 0 Å². The van der Waals surface area contributed by atoms with Crippen LogP contribution < -0.4 is 0 Å². The van der Waals surface area contributed by atoms with Crippen LogP contribution in [0.2, 0.25) is 0 Å². The van der Waals surface area contributed by atoms with E-state index in [0.29, 0.717) is 0 Å². The summed E-state index contributed by atoms with van der Waals surface area (Å²) < 4.78 is 21.2. The second-order valence-electron chi connectivity index (χ2n) is 7.95. The standard InChI is InChI=1S/C18H32O14/c1-5(21)9(22)16(32-17-14(27)12(25)10(23)6(2)29-17)8(4-20)31-18-15(28)13(26)11(24)7(3-19)30-18/h4-19,21-28H,3H2,1-2H3/t5-,6-,7+,8-,9-,10-,11+,12+,13-,14+,15+,16-,17-,18+/m0/s1. The summed E-state index contributed by atoms with van der Waals surface area (Å²) in [6.45, 7) is 1.78. The van der Waals surface area contributed by atoms with E-state index in [2.05, 4.69) is 0 Å². The molecule has 0 spiro atoms. The summed E-state index contributed by atoms with van der Waals surface area (Å²) >= 11 is 0. The van der Waals surface area contributed by atoms with Crippen LogP contribution in [0.3, 0.4) is 0 Å². The Morgan fingerprint density at radius 1 is 0.844 bits per heavy atom. The number of hydrogen-bond donors (Lipinski definition) is 9. The summed E-state index contributed by atoms with van der Waals surface area (Å²) in [4.78, 5) is 11.8. The Morgan fingerprint density at radius 2 is 1.38 bits per heavy atom. The van der Waals surface area contributed by atoms with Crippen molar-refractivity contribution >= 4 is 6.29 Å². The summed E-state index contributed by atoms with van der Waals surface area (Å²) in [5.41, 5.74) is 0. The van der Waals surface area contributed by atoms with E-state index in [4.69, 9.17) is 18.9 Å². The zero-order chi connectivity index (χ0) is 24.3. The molecule has 14 heteroatoms. The highest BCUT2D eigenvalue weighted by atomic mass is 16.7. The van der Waals surface area contributed by atoms with Gasteiger partial charge in [-0.1, -0.05) is 0 Å². The topological polar surface area (TPSA) is 236 Å². The molecule has 14 nitrogen and oxygen atoms in total. The second-order valence-corrected chi connectivity index (χ2v) is 7.95. The molecule has 0 aromatic rings. The van der Waals surface area contributed by atoms with Crippen molar-refractivity contribution in [3.05, 3.63) is 0 Å². The fourth-order valence-electron chi connectivity index (χ4n) is 3.43. The lowest BCUT2D eigenvalue weighted by Crippen LogP contribution is -2.62. The summed E-state index contributed by atoms with van der Waals surface area (Å²) in [7, 11) is 0. The molecule has 9 N–H and O–H groups in total. The third-order valence-electron chi connectivity index (χ3n) is 5.53. The van der Waals surface area contributed by atoms with Gasteiger partial charge in [0.2, 0.25) is 0 Å². The molecule has 2 aliphatic heterocycles. The maximum atomic E-state index is 11.8. The van der Waals surface area contributed by atoms with Crippen LogP contribution in [0.15, 0.2) is 0 Å². The first-order chi connectivity index (χ1) is 14.9. The number of ether oxygens (including phenoxy) is 4. The zero-order valence-electron chi connectivity index (χ0n) is 17.4. The lowest BCUT2D eigenvalue weighted by molar-refractivity contribution is -0.340. The summed E-state index contributed by atoms with van der Waals surface area (Å²) in [6.07, 6.45) is -22.8. The Hall–Kier alpha value is -0.850. The van der Waals surface area contributed by atoms with Crippen LogP contribution in [-0.2, 0) is 23.7 Å². The molecule has 2 heterocycles. The Labute approximate surface area is 183 Å². The fourth-order valence-corrected chi connectivity index (χ4v) is 3.43. The third kappa shape index (κ3) is 5.79. The average Bonchev–Trinajstić information content (AvgIpc) is 2.77. The number of carbonyl (C=O) groups is 1. The van der Waals surface area contributed by atoms with Gasteiger partial charge in [-0.2, -0.15) is 0 Å². The normalized spacial score (nSPS) is 44.5. The molecular formula is C18H32O14. The molecule has 0 amide bonds. The number of rotatable bonds is 9. The average molecular weight is 472 g/mol. The highest BCUT2D eigenvalue weighted by molar-refractivity contribution is 5.57. The van der Waals surface area contributed by atoms with E-state index in [0.717, 1.165) is 6.92 Å². The highest BCUT2D eigenvalue weighted by Crippen LogP contribution is 2.28. The van der Waals surface area contributed by atoms with E-state index >= 15 is 0 Å². The SMILES string of the molecule is C[C@H](O)[C@H](O)[C@@H](O[C@@H]1O[C@@H](C)[C@H](O)[C@@H](O)[C@H]1O)[C@H](C=O)O[C@H]1O[C@H](CO)[C@@H](O)[C@H](O)[C@H]1O. The molecule has 0 aliphatic carbocycles. The first-order valence-electron chi connectivity index (χ1n) is 10.1. The molecule has 0 aromatic carbocycles. The van der Waals surface area contributed by atoms with Crippen LogP contribution >= 0.6 is 0 Å². The van der Waals surface area contributed by atoms with Crippen LogP contribution in [0.4, 0.5) is 0 Å². The quantitative estimate of drug-likeness (QED) is 0.142. The van der Waals surface area contributed by atoms with Gasteiger partial charge in [-0.25, -0.2) is 0 Å². The van der Waals surface area contributed by atoms with Crippen molar-refractivity contribution < 1.29 is 69.7 Å². The van der Waals surface area contributed by atoms with E-state index in [1.165, 1.54) is 6.92 Å². The summed E-state index contributed by atoms with van der Waals surface area (Å²) in [5.74, 6) is 0. The Bertz CT molecular complexity index is 590. The maximum Gasteiger partial charge on any atom is 0.187 e. The van der Waals surface area contributed by atoms with Gasteiger partial charge in [0.15, 0.2) is 18.9 Å². The lowest BCUT2D eigenvalue weighted by atomic mass is 9.98. The van der Waals surface area contributed by atoms with Crippen LogP contribution in [0.1, 0.15) is 13.8 Å². The minimum absolute atomic E-state index is 0.127. The van der Waals surface area contributed by atoms with Gasteiger partial charge >= 0.3 is 0 Å². The van der Waals surface area contributed by atoms with E-state index in [-0.39, 0.29) is 6.29 Å². The van der Waals surface area contributed by atoms with E-state index < -0.39 is 92.4 Å². The molecule has 2 aliphatic rings. The van der Waals surface area contributed by atoms with Gasteiger partial charge in [-0.3, -0.25) is 0 Å². The molecule has 32 heavy (non-hydrogen) atoms. The predicted octanol–water partition coefficient (Wildman–Crippen LogP) is -5.68. The smallest absolute Gasteiger partial charge is 0.187 e. The van der Waals surface area contributed by atoms with Crippen LogP contribution in [0.25, 0.3) is 0 Å². The second kappa shape index (κ2) is 11.5. The van der Waals surface area contributed by atoms with Crippen molar-refractivity contribution in [2.45, 2.75) is 99.7 Å². The highest BCUT2D eigenvalue weighted by Gasteiger charge is 2.49. The molecule has 0 bridgehead atoms. The van der Waals surface area contributed by atoms with Crippen molar-refractivity contribution in [3.8, 4) is 0 Å². The zero-order valence-corrected chi connectivity index (χ0v) is 17.4. The molecule has 0 aromatic heterocycles. The van der Waals surface area contributed by atoms with Crippen molar-refractivity contribution in [1.82, 2.24) is 0 Å². The molecule has 2 fully saturated rings. The van der Waals surface area contributed by atoms with Crippen molar-refractivity contribution in [3.63, 3.8) is 0 Å². The molecule has 2 saturated heterocycles. The number of aldehydes is 1. The summed E-state index contributed by atoms with van der Waals surface area (Å²) in [6, 6.07) is 0. The molecular weight excluding hydrogens is 440 g/mol. The Kier molecular flexibility index (Phi) is 9.87. The lowest BCUT2D eigenvalue weighted by Gasteiger charge is -2.43. The van der Waals surface area contributed by atoms with Crippen molar-refractivity contribution in [2.75, 3.05) is 6.61 Å². The van der Waals surface area contributed by atoms with Gasteiger partial charge in [0.1, 0.15) is 61.0 Å². The molecule has 14 atom stereocenters. The number of aliphatic hydroxyl groups excluding tert-OH is 9. The Morgan fingerprint density at radius 3 is 1.88 bits per heavy atom. The first-order valence-corrected chi connectivity index (χ1v) is 10.1. The van der Waals surface area contributed by atoms with Gasteiger partial charge in [0.25, 0.3) is 0 Å². The molecule has 0 radical (unpaired) electrons. The first kappa shape index (κ1) is 27.4. The van der Waals surface area contributed by atoms with Gasteiger partial charge in [-0.15, -0.1) is 0 Å². The van der Waals surface area contributed by atoms with E-state index in [9.17, 15) is 50.8 Å². The van der Waals surface area contributed by atoms with Crippen LogP contribution in [0, 0.1) is 0 Å². The number of aliphatic hydroxyl groups is 9. The predicted molar refractivity (Wildman–Crippen MR) is 99.6 cm³/mol. The van der Waals surface area contributed by atoms with Crippen molar-refractivity contribution in [1.29, 1.82) is 0 Å². The number of hydrogen-bond acceptors (Lipinski definition) is 14. The van der Waals surface area contributed by atoms with Gasteiger partial charge in [-0.05, 0) is 13.8 Å². The fraction of sp³-hybridized carbons (Fsp3) is 0.944. The van der Waals surface area contributed by atoms with Crippen molar-refractivity contribution in [2.24, 2.45) is 0 Å². The van der Waals surface area contributed by atoms with Gasteiger partial charge in [0.05, 0.1) is 18.8 Å². The van der Waals surface area contributed by atoms with E-state index in [1.807, 2.05) is 0 Å².